The molecule has 1 atom stereocenters. The Morgan fingerprint density at radius 1 is 1.12 bits per heavy atom. The molecular weight excluding hydrogens is 408 g/mol. The van der Waals surface area contributed by atoms with E-state index in [1.165, 1.54) is 12.8 Å². The lowest BCUT2D eigenvalue weighted by Crippen LogP contribution is -2.57. The lowest BCUT2D eigenvalue weighted by atomic mass is 9.84. The highest BCUT2D eigenvalue weighted by atomic mass is 16.7. The Bertz CT molecular complexity index is 1160. The second-order valence-corrected chi connectivity index (χ2v) is 8.83. The van der Waals surface area contributed by atoms with Crippen molar-refractivity contribution in [2.75, 3.05) is 33.5 Å². The number of fused-ring (bicyclic) bond motifs is 5. The number of amides is 1. The van der Waals surface area contributed by atoms with Gasteiger partial charge in [0.2, 0.25) is 12.7 Å². The van der Waals surface area contributed by atoms with E-state index in [1.54, 1.807) is 7.11 Å². The van der Waals surface area contributed by atoms with Crippen LogP contribution in [0.5, 0.6) is 17.2 Å². The third-order valence-electron chi connectivity index (χ3n) is 6.98. The molecular formula is C25H26N2O5. The van der Waals surface area contributed by atoms with Crippen molar-refractivity contribution in [2.45, 2.75) is 25.3 Å². The Morgan fingerprint density at radius 3 is 2.56 bits per heavy atom. The highest BCUT2D eigenvalue weighted by Gasteiger charge is 2.35. The maximum absolute atomic E-state index is 13.2. The summed E-state index contributed by atoms with van der Waals surface area (Å²) < 4.78 is 22.6. The van der Waals surface area contributed by atoms with Gasteiger partial charge in [0.25, 0.3) is 0 Å². The van der Waals surface area contributed by atoms with Gasteiger partial charge in [-0.1, -0.05) is 0 Å². The fourth-order valence-corrected chi connectivity index (χ4v) is 5.24. The fraction of sp³-hybridized carbons (Fsp3) is 0.400. The summed E-state index contributed by atoms with van der Waals surface area (Å²) in [6.07, 6.45) is 2.58. The Morgan fingerprint density at radius 2 is 1.88 bits per heavy atom. The second kappa shape index (κ2) is 7.74. The summed E-state index contributed by atoms with van der Waals surface area (Å²) in [5, 5.41) is 4.18. The zero-order valence-electron chi connectivity index (χ0n) is 18.1. The Balaban J connectivity index is 1.34. The molecule has 1 N–H and O–H groups in total. The van der Waals surface area contributed by atoms with Gasteiger partial charge in [0, 0.05) is 35.2 Å². The third kappa shape index (κ3) is 3.37. The van der Waals surface area contributed by atoms with Crippen LogP contribution in [0.15, 0.2) is 40.8 Å². The van der Waals surface area contributed by atoms with Crippen molar-refractivity contribution in [3.8, 4) is 28.6 Å². The van der Waals surface area contributed by atoms with Gasteiger partial charge in [0.15, 0.2) is 11.5 Å². The Labute approximate surface area is 186 Å². The van der Waals surface area contributed by atoms with Crippen LogP contribution < -0.4 is 19.5 Å². The number of furan rings is 1. The van der Waals surface area contributed by atoms with E-state index < -0.39 is 0 Å². The van der Waals surface area contributed by atoms with Crippen molar-refractivity contribution in [1.82, 2.24) is 10.2 Å². The number of nitrogens with one attached hydrogen (secondary N) is 1. The van der Waals surface area contributed by atoms with E-state index >= 15 is 0 Å². The number of ether oxygens (including phenoxy) is 3. The van der Waals surface area contributed by atoms with E-state index in [-0.39, 0.29) is 25.2 Å². The molecule has 1 aromatic heterocycles. The summed E-state index contributed by atoms with van der Waals surface area (Å²) in [4.78, 5) is 15.6. The number of piperidine rings is 3. The van der Waals surface area contributed by atoms with E-state index in [0.29, 0.717) is 28.8 Å². The van der Waals surface area contributed by atoms with Gasteiger partial charge >= 0.3 is 0 Å². The highest BCUT2D eigenvalue weighted by Crippen LogP contribution is 2.42. The fourth-order valence-electron chi connectivity index (χ4n) is 5.24. The van der Waals surface area contributed by atoms with Crippen LogP contribution in [0.25, 0.3) is 22.3 Å². The largest absolute Gasteiger partial charge is 0.497 e. The van der Waals surface area contributed by atoms with Crippen LogP contribution in [0.1, 0.15) is 18.4 Å². The molecule has 0 radical (unpaired) electrons. The zero-order valence-corrected chi connectivity index (χ0v) is 18.1. The predicted molar refractivity (Wildman–Crippen MR) is 119 cm³/mol. The Kier molecular flexibility index (Phi) is 4.72. The number of carbonyl (C=O) groups is 1. The molecule has 0 aliphatic carbocycles. The average Bonchev–Trinajstić information content (AvgIpc) is 3.42. The van der Waals surface area contributed by atoms with E-state index in [0.717, 1.165) is 41.9 Å². The first-order valence-corrected chi connectivity index (χ1v) is 11.2. The number of benzene rings is 2. The molecule has 3 saturated heterocycles. The first-order chi connectivity index (χ1) is 15.7. The first kappa shape index (κ1) is 19.5. The number of rotatable bonds is 5. The van der Waals surface area contributed by atoms with Gasteiger partial charge in [-0.05, 0) is 62.2 Å². The molecule has 7 nitrogen and oxygen atoms in total. The van der Waals surface area contributed by atoms with Gasteiger partial charge in [-0.15, -0.1) is 0 Å². The van der Waals surface area contributed by atoms with Crippen molar-refractivity contribution in [2.24, 2.45) is 5.92 Å². The van der Waals surface area contributed by atoms with Gasteiger partial charge in [0.05, 0.1) is 13.5 Å². The lowest BCUT2D eigenvalue weighted by Gasteiger charge is -2.44. The second-order valence-electron chi connectivity index (χ2n) is 8.83. The van der Waals surface area contributed by atoms with Gasteiger partial charge in [-0.25, -0.2) is 0 Å². The van der Waals surface area contributed by atoms with Gasteiger partial charge in [-0.2, -0.15) is 0 Å². The molecule has 2 aromatic carbocycles. The quantitative estimate of drug-likeness (QED) is 0.662. The van der Waals surface area contributed by atoms with Crippen LogP contribution >= 0.6 is 0 Å². The summed E-state index contributed by atoms with van der Waals surface area (Å²) in [6, 6.07) is 11.7. The van der Waals surface area contributed by atoms with Crippen LogP contribution in [-0.2, 0) is 11.2 Å². The topological polar surface area (TPSA) is 73.2 Å². The standard InChI is InChI=1S/C25H26N2O5/c1-29-17-4-2-16(3-5-17)25-19(18-10-22-23(31-14-30-22)12-21(18)32-25)11-24(28)26-20-13-27-8-6-15(20)7-9-27/h2-5,10,12,15,20H,6-9,11,13-14H2,1H3,(H,26,28). The van der Waals surface area contributed by atoms with Crippen LogP contribution in [0.4, 0.5) is 0 Å². The summed E-state index contributed by atoms with van der Waals surface area (Å²) >= 11 is 0. The third-order valence-corrected chi connectivity index (χ3v) is 6.98. The molecule has 166 valence electrons. The molecule has 7 heteroatoms. The minimum absolute atomic E-state index is 0.0267. The number of hydrogen-bond acceptors (Lipinski definition) is 6. The minimum atomic E-state index is 0.0267. The maximum atomic E-state index is 13.2. The number of hydrogen-bond donors (Lipinski definition) is 1. The first-order valence-electron chi connectivity index (χ1n) is 11.2. The molecule has 0 saturated carbocycles. The molecule has 4 aliphatic heterocycles. The zero-order chi connectivity index (χ0) is 21.7. The monoisotopic (exact) mass is 434 g/mol. The van der Waals surface area contributed by atoms with Gasteiger partial charge < -0.3 is 28.8 Å². The van der Waals surface area contributed by atoms with Crippen molar-refractivity contribution in [3.05, 3.63) is 42.0 Å². The molecule has 3 aromatic rings. The Hall–Kier alpha value is -3.19. The minimum Gasteiger partial charge on any atom is -0.497 e. The SMILES string of the molecule is COc1ccc(-c2oc3cc4c(cc3c2CC(=O)NC2CN3CCC2CC3)OCO4)cc1. The lowest BCUT2D eigenvalue weighted by molar-refractivity contribution is -0.122. The van der Waals surface area contributed by atoms with Crippen LogP contribution in [-0.4, -0.2) is 50.4 Å². The number of carbonyl (C=O) groups excluding carboxylic acids is 1. The molecule has 3 fully saturated rings. The van der Waals surface area contributed by atoms with Gasteiger partial charge in [0.1, 0.15) is 17.1 Å². The van der Waals surface area contributed by atoms with E-state index in [9.17, 15) is 4.79 Å². The van der Waals surface area contributed by atoms with Crippen molar-refractivity contribution in [3.63, 3.8) is 0 Å². The van der Waals surface area contributed by atoms with Crippen LogP contribution in [0.3, 0.4) is 0 Å². The van der Waals surface area contributed by atoms with Crippen LogP contribution in [0, 0.1) is 5.92 Å². The predicted octanol–water partition coefficient (Wildman–Crippen LogP) is 3.59. The van der Waals surface area contributed by atoms with E-state index in [4.69, 9.17) is 18.6 Å². The number of nitrogens with zero attached hydrogens (tertiary/aromatic N) is 1. The van der Waals surface area contributed by atoms with Crippen molar-refractivity contribution < 1.29 is 23.4 Å². The summed E-state index contributed by atoms with van der Waals surface area (Å²) in [5.74, 6) is 3.41. The summed E-state index contributed by atoms with van der Waals surface area (Å²) in [6.45, 7) is 3.45. The average molecular weight is 434 g/mol. The molecule has 1 unspecified atom stereocenters. The van der Waals surface area contributed by atoms with Crippen molar-refractivity contribution >= 4 is 16.9 Å². The normalized spacial score (nSPS) is 23.5. The molecule has 2 bridgehead atoms. The molecule has 4 aliphatic rings. The molecule has 0 spiro atoms. The van der Waals surface area contributed by atoms with Gasteiger partial charge in [-0.3, -0.25) is 4.79 Å². The summed E-state index contributed by atoms with van der Waals surface area (Å²) in [5.41, 5.74) is 2.45. The smallest absolute Gasteiger partial charge is 0.231 e. The molecule has 32 heavy (non-hydrogen) atoms. The number of methoxy groups -OCH3 is 1. The highest BCUT2D eigenvalue weighted by molar-refractivity contribution is 5.95. The maximum Gasteiger partial charge on any atom is 0.231 e. The molecule has 1 amide bonds. The molecule has 7 rings (SSSR count). The van der Waals surface area contributed by atoms with Crippen molar-refractivity contribution in [1.29, 1.82) is 0 Å². The summed E-state index contributed by atoms with van der Waals surface area (Å²) in [7, 11) is 1.64. The molecule has 5 heterocycles. The van der Waals surface area contributed by atoms with E-state index in [2.05, 4.69) is 10.2 Å². The van der Waals surface area contributed by atoms with E-state index in [1.807, 2.05) is 36.4 Å². The van der Waals surface area contributed by atoms with Crippen LogP contribution in [0.2, 0.25) is 0 Å².